The monoisotopic (exact) mass is 391 g/mol. The second-order valence-corrected chi connectivity index (χ2v) is 7.43. The molecule has 1 fully saturated rings. The van der Waals surface area contributed by atoms with Crippen LogP contribution in [-0.2, 0) is 12.6 Å². The van der Waals surface area contributed by atoms with Crippen molar-refractivity contribution in [2.24, 2.45) is 5.73 Å². The predicted octanol–water partition coefficient (Wildman–Crippen LogP) is 4.24. The van der Waals surface area contributed by atoms with Crippen LogP contribution in [0.2, 0.25) is 0 Å². The molecule has 2 aliphatic heterocycles. The van der Waals surface area contributed by atoms with E-state index < -0.39 is 11.7 Å². The van der Waals surface area contributed by atoms with Crippen molar-refractivity contribution in [2.75, 3.05) is 31.5 Å². The Balaban J connectivity index is 1.61. The molecule has 4 nitrogen and oxygen atoms in total. The normalized spacial score (nSPS) is 17.6. The molecule has 0 radical (unpaired) electrons. The Morgan fingerprint density at radius 2 is 1.86 bits per heavy atom. The number of hydrogen-bond donors (Lipinski definition) is 2. The third-order valence-corrected chi connectivity index (χ3v) is 5.49. The highest BCUT2D eigenvalue weighted by Crippen LogP contribution is 2.44. The van der Waals surface area contributed by atoms with E-state index in [0.29, 0.717) is 24.4 Å². The van der Waals surface area contributed by atoms with E-state index in [-0.39, 0.29) is 11.8 Å². The molecule has 28 heavy (non-hydrogen) atoms. The van der Waals surface area contributed by atoms with Gasteiger partial charge in [0.25, 0.3) is 0 Å². The fraction of sp³-hybridized carbons (Fsp3) is 0.429. The van der Waals surface area contributed by atoms with Crippen molar-refractivity contribution in [3.05, 3.63) is 53.1 Å². The SMILES string of the molecule is NCCN1CCC(Nc2cc(C(F)(F)F)cc3c2Cc2ccccc2O3)CC1. The highest BCUT2D eigenvalue weighted by Gasteiger charge is 2.34. The molecular weight excluding hydrogens is 367 g/mol. The second kappa shape index (κ2) is 7.64. The van der Waals surface area contributed by atoms with Gasteiger partial charge in [0.1, 0.15) is 11.5 Å². The summed E-state index contributed by atoms with van der Waals surface area (Å²) in [7, 11) is 0. The summed E-state index contributed by atoms with van der Waals surface area (Å²) >= 11 is 0. The van der Waals surface area contributed by atoms with Gasteiger partial charge >= 0.3 is 6.18 Å². The van der Waals surface area contributed by atoms with E-state index in [1.165, 1.54) is 6.07 Å². The number of fused-ring (bicyclic) bond motifs is 2. The molecule has 2 aromatic carbocycles. The predicted molar refractivity (Wildman–Crippen MR) is 103 cm³/mol. The van der Waals surface area contributed by atoms with E-state index in [4.69, 9.17) is 10.5 Å². The molecule has 0 spiro atoms. The van der Waals surface area contributed by atoms with Gasteiger partial charge in [-0.2, -0.15) is 13.2 Å². The first-order valence-electron chi connectivity index (χ1n) is 9.63. The van der Waals surface area contributed by atoms with Crippen LogP contribution in [0.4, 0.5) is 18.9 Å². The Morgan fingerprint density at radius 3 is 2.57 bits per heavy atom. The number of nitrogens with zero attached hydrogens (tertiary/aromatic N) is 1. The number of para-hydroxylation sites is 1. The highest BCUT2D eigenvalue weighted by molar-refractivity contribution is 5.65. The molecule has 0 unspecified atom stereocenters. The topological polar surface area (TPSA) is 50.5 Å². The first-order chi connectivity index (χ1) is 13.4. The summed E-state index contributed by atoms with van der Waals surface area (Å²) in [5.74, 6) is 0.909. The van der Waals surface area contributed by atoms with Gasteiger partial charge in [-0.3, -0.25) is 0 Å². The molecule has 2 heterocycles. The molecule has 2 aromatic rings. The number of likely N-dealkylation sites (tertiary alicyclic amines) is 1. The number of rotatable bonds is 4. The van der Waals surface area contributed by atoms with Gasteiger partial charge in [-0.05, 0) is 36.6 Å². The van der Waals surface area contributed by atoms with E-state index >= 15 is 0 Å². The average molecular weight is 391 g/mol. The summed E-state index contributed by atoms with van der Waals surface area (Å²) in [6.07, 6.45) is -2.11. The number of piperidine rings is 1. The van der Waals surface area contributed by atoms with Crippen LogP contribution < -0.4 is 15.8 Å². The first-order valence-corrected chi connectivity index (χ1v) is 9.63. The smallest absolute Gasteiger partial charge is 0.416 e. The van der Waals surface area contributed by atoms with Crippen LogP contribution in [0.3, 0.4) is 0 Å². The molecule has 0 aromatic heterocycles. The fourth-order valence-corrected chi connectivity index (χ4v) is 3.97. The van der Waals surface area contributed by atoms with Gasteiger partial charge in [0.15, 0.2) is 0 Å². The van der Waals surface area contributed by atoms with Crippen molar-refractivity contribution in [1.82, 2.24) is 4.90 Å². The molecule has 2 aliphatic rings. The number of benzene rings is 2. The summed E-state index contributed by atoms with van der Waals surface area (Å²) in [5.41, 5.74) is 7.22. The van der Waals surface area contributed by atoms with Crippen molar-refractivity contribution in [3.63, 3.8) is 0 Å². The maximum absolute atomic E-state index is 13.4. The third-order valence-electron chi connectivity index (χ3n) is 5.49. The lowest BCUT2D eigenvalue weighted by Crippen LogP contribution is -2.41. The molecule has 0 atom stereocenters. The minimum atomic E-state index is -4.42. The highest BCUT2D eigenvalue weighted by atomic mass is 19.4. The minimum absolute atomic E-state index is 0.138. The number of alkyl halides is 3. The largest absolute Gasteiger partial charge is 0.457 e. The van der Waals surface area contributed by atoms with Crippen molar-refractivity contribution >= 4 is 5.69 Å². The van der Waals surface area contributed by atoms with E-state index in [9.17, 15) is 13.2 Å². The standard InChI is InChI=1S/C21H24F3N3O/c22-21(23,24)15-12-18(26-16-5-8-27(9-6-16)10-7-25)17-11-14-3-1-2-4-19(14)28-20(17)13-15/h1-4,12-13,16,26H,5-11,25H2. The van der Waals surface area contributed by atoms with Crippen LogP contribution in [-0.4, -0.2) is 37.1 Å². The van der Waals surface area contributed by atoms with Gasteiger partial charge in [0.2, 0.25) is 0 Å². The van der Waals surface area contributed by atoms with Crippen molar-refractivity contribution in [1.29, 1.82) is 0 Å². The van der Waals surface area contributed by atoms with Gasteiger partial charge in [-0.1, -0.05) is 18.2 Å². The van der Waals surface area contributed by atoms with Crippen LogP contribution in [0.5, 0.6) is 11.5 Å². The second-order valence-electron chi connectivity index (χ2n) is 7.43. The summed E-state index contributed by atoms with van der Waals surface area (Å²) < 4.78 is 46.2. The van der Waals surface area contributed by atoms with Crippen LogP contribution in [0.25, 0.3) is 0 Å². The lowest BCUT2D eigenvalue weighted by molar-refractivity contribution is -0.137. The molecule has 7 heteroatoms. The summed E-state index contributed by atoms with van der Waals surface area (Å²) in [5, 5.41) is 3.38. The zero-order chi connectivity index (χ0) is 19.7. The Hall–Kier alpha value is -2.25. The summed E-state index contributed by atoms with van der Waals surface area (Å²) in [4.78, 5) is 2.29. The Bertz CT molecular complexity index is 845. The lowest BCUT2D eigenvalue weighted by Gasteiger charge is -2.33. The van der Waals surface area contributed by atoms with Crippen LogP contribution >= 0.6 is 0 Å². The molecule has 150 valence electrons. The number of hydrogen-bond acceptors (Lipinski definition) is 4. The number of anilines is 1. The number of nitrogens with one attached hydrogen (secondary N) is 1. The molecule has 4 rings (SSSR count). The fourth-order valence-electron chi connectivity index (χ4n) is 3.97. The van der Waals surface area contributed by atoms with Gasteiger partial charge < -0.3 is 20.7 Å². The van der Waals surface area contributed by atoms with Crippen molar-refractivity contribution in [2.45, 2.75) is 31.5 Å². The molecule has 0 aliphatic carbocycles. The van der Waals surface area contributed by atoms with Gasteiger partial charge in [0.05, 0.1) is 5.56 Å². The Kier molecular flexibility index (Phi) is 5.21. The summed E-state index contributed by atoms with van der Waals surface area (Å²) in [6.45, 7) is 3.27. The zero-order valence-electron chi connectivity index (χ0n) is 15.6. The summed E-state index contributed by atoms with van der Waals surface area (Å²) in [6, 6.07) is 9.95. The van der Waals surface area contributed by atoms with Crippen molar-refractivity contribution < 1.29 is 17.9 Å². The molecular formula is C21H24F3N3O. The Labute approximate surface area is 162 Å². The molecule has 0 saturated carbocycles. The van der Waals surface area contributed by atoms with Crippen LogP contribution in [0.15, 0.2) is 36.4 Å². The maximum Gasteiger partial charge on any atom is 0.416 e. The van der Waals surface area contributed by atoms with E-state index in [1.807, 2.05) is 18.2 Å². The quantitative estimate of drug-likeness (QED) is 0.699. The van der Waals surface area contributed by atoms with E-state index in [1.54, 1.807) is 6.07 Å². The molecule has 3 N–H and O–H groups in total. The average Bonchev–Trinajstić information content (AvgIpc) is 2.67. The Morgan fingerprint density at radius 1 is 1.11 bits per heavy atom. The van der Waals surface area contributed by atoms with Crippen molar-refractivity contribution in [3.8, 4) is 11.5 Å². The van der Waals surface area contributed by atoms with E-state index in [2.05, 4.69) is 10.2 Å². The number of nitrogens with two attached hydrogens (primary N) is 1. The van der Waals surface area contributed by atoms with Gasteiger partial charge in [-0.15, -0.1) is 0 Å². The molecule has 1 saturated heterocycles. The maximum atomic E-state index is 13.4. The molecule has 0 amide bonds. The lowest BCUT2D eigenvalue weighted by atomic mass is 9.95. The van der Waals surface area contributed by atoms with E-state index in [0.717, 1.165) is 49.7 Å². The van der Waals surface area contributed by atoms with Gasteiger partial charge in [0, 0.05) is 49.9 Å². The van der Waals surface area contributed by atoms with Crippen LogP contribution in [0, 0.1) is 0 Å². The van der Waals surface area contributed by atoms with Crippen LogP contribution in [0.1, 0.15) is 29.5 Å². The molecule has 0 bridgehead atoms. The van der Waals surface area contributed by atoms with Gasteiger partial charge in [-0.25, -0.2) is 0 Å². The zero-order valence-corrected chi connectivity index (χ0v) is 15.6. The first kappa shape index (κ1) is 19.1. The number of ether oxygens (including phenoxy) is 1. The number of halogens is 3. The third kappa shape index (κ3) is 3.95. The minimum Gasteiger partial charge on any atom is -0.457 e.